The molecule has 1 heterocycles. The summed E-state index contributed by atoms with van der Waals surface area (Å²) >= 11 is 0. The normalized spacial score (nSPS) is 16.6. The minimum absolute atomic E-state index is 0.0315. The lowest BCUT2D eigenvalue weighted by molar-refractivity contribution is -0.132. The third kappa shape index (κ3) is 4.75. The maximum absolute atomic E-state index is 13.6. The highest BCUT2D eigenvalue weighted by Crippen LogP contribution is 2.18. The number of aliphatic hydroxyl groups is 1. The van der Waals surface area contributed by atoms with Crippen LogP contribution in [0.2, 0.25) is 0 Å². The van der Waals surface area contributed by atoms with E-state index >= 15 is 0 Å². The van der Waals surface area contributed by atoms with Crippen LogP contribution in [0.4, 0.5) is 4.39 Å². The van der Waals surface area contributed by atoms with Crippen LogP contribution in [0.25, 0.3) is 0 Å². The molecule has 5 heteroatoms. The number of halogens is 1. The van der Waals surface area contributed by atoms with E-state index in [0.717, 1.165) is 25.9 Å². The Morgan fingerprint density at radius 1 is 1.17 bits per heavy atom. The summed E-state index contributed by atoms with van der Waals surface area (Å²) in [6.07, 6.45) is 1.58. The van der Waals surface area contributed by atoms with E-state index in [1.165, 1.54) is 6.07 Å². The van der Waals surface area contributed by atoms with Gasteiger partial charge in [-0.25, -0.2) is 4.39 Å². The second-order valence-electron chi connectivity index (χ2n) is 6.36. The van der Waals surface area contributed by atoms with Gasteiger partial charge in [-0.3, -0.25) is 9.69 Å². The number of rotatable bonds is 6. The molecule has 0 bridgehead atoms. The van der Waals surface area contributed by atoms with Crippen molar-refractivity contribution in [3.05, 3.63) is 35.6 Å². The van der Waals surface area contributed by atoms with Crippen LogP contribution in [0.15, 0.2) is 24.3 Å². The molecule has 1 aromatic carbocycles. The first-order valence-electron chi connectivity index (χ1n) is 8.43. The topological polar surface area (TPSA) is 43.8 Å². The number of carbonyl (C=O) groups excluding carboxylic acids is 1. The standard InChI is InChI=1S/C18H27FN2O2/c1-3-18(23,4-2)14-20-9-11-21(12-10-20)17(22)13-15-7-5-6-8-16(15)19/h5-8,23H,3-4,9-14H2,1-2H3. The van der Waals surface area contributed by atoms with Crippen LogP contribution in [0.3, 0.4) is 0 Å². The molecular formula is C18H27FN2O2. The first-order chi connectivity index (χ1) is 11.0. The monoisotopic (exact) mass is 322 g/mol. The largest absolute Gasteiger partial charge is 0.389 e. The van der Waals surface area contributed by atoms with E-state index in [2.05, 4.69) is 4.90 Å². The summed E-state index contributed by atoms with van der Waals surface area (Å²) in [7, 11) is 0. The van der Waals surface area contributed by atoms with Gasteiger partial charge in [0.25, 0.3) is 0 Å². The van der Waals surface area contributed by atoms with Crippen molar-refractivity contribution in [2.75, 3.05) is 32.7 Å². The van der Waals surface area contributed by atoms with Gasteiger partial charge in [-0.15, -0.1) is 0 Å². The molecule has 128 valence electrons. The fourth-order valence-electron chi connectivity index (χ4n) is 2.96. The van der Waals surface area contributed by atoms with Gasteiger partial charge in [0.1, 0.15) is 5.82 Å². The van der Waals surface area contributed by atoms with Crippen molar-refractivity contribution in [1.29, 1.82) is 0 Å². The van der Waals surface area contributed by atoms with Crippen molar-refractivity contribution in [2.45, 2.75) is 38.7 Å². The van der Waals surface area contributed by atoms with Crippen molar-refractivity contribution in [3.8, 4) is 0 Å². The lowest BCUT2D eigenvalue weighted by Gasteiger charge is -2.39. The van der Waals surface area contributed by atoms with Crippen LogP contribution >= 0.6 is 0 Å². The third-order valence-corrected chi connectivity index (χ3v) is 4.86. The maximum atomic E-state index is 13.6. The summed E-state index contributed by atoms with van der Waals surface area (Å²) in [6, 6.07) is 6.42. The maximum Gasteiger partial charge on any atom is 0.227 e. The summed E-state index contributed by atoms with van der Waals surface area (Å²) in [5.41, 5.74) is -0.189. The number of nitrogens with zero attached hydrogens (tertiary/aromatic N) is 2. The molecule has 0 atom stereocenters. The average Bonchev–Trinajstić information content (AvgIpc) is 2.57. The second-order valence-corrected chi connectivity index (χ2v) is 6.36. The van der Waals surface area contributed by atoms with Crippen molar-refractivity contribution in [2.24, 2.45) is 0 Å². The zero-order chi connectivity index (χ0) is 16.9. The fourth-order valence-corrected chi connectivity index (χ4v) is 2.96. The Balaban J connectivity index is 1.84. The Bertz CT molecular complexity index is 524. The van der Waals surface area contributed by atoms with Gasteiger partial charge in [0.15, 0.2) is 0 Å². The predicted octanol–water partition coefficient (Wildman–Crippen LogP) is 2.06. The van der Waals surface area contributed by atoms with E-state index in [0.29, 0.717) is 25.2 Å². The Labute approximate surface area is 137 Å². The molecule has 23 heavy (non-hydrogen) atoms. The van der Waals surface area contributed by atoms with Crippen LogP contribution in [0.1, 0.15) is 32.3 Å². The summed E-state index contributed by atoms with van der Waals surface area (Å²) in [5, 5.41) is 10.4. The fraction of sp³-hybridized carbons (Fsp3) is 0.611. The van der Waals surface area contributed by atoms with Crippen molar-refractivity contribution in [1.82, 2.24) is 9.80 Å². The lowest BCUT2D eigenvalue weighted by Crippen LogP contribution is -2.53. The molecule has 1 aliphatic heterocycles. The van der Waals surface area contributed by atoms with Gasteiger partial charge in [-0.05, 0) is 24.5 Å². The van der Waals surface area contributed by atoms with Gasteiger partial charge in [0.2, 0.25) is 5.91 Å². The summed E-state index contributed by atoms with van der Waals surface area (Å²) in [4.78, 5) is 16.3. The van der Waals surface area contributed by atoms with Crippen LogP contribution in [0, 0.1) is 5.82 Å². The van der Waals surface area contributed by atoms with Gasteiger partial charge >= 0.3 is 0 Å². The molecule has 0 radical (unpaired) electrons. The van der Waals surface area contributed by atoms with E-state index in [1.807, 2.05) is 13.8 Å². The predicted molar refractivity (Wildman–Crippen MR) is 88.7 cm³/mol. The van der Waals surface area contributed by atoms with E-state index in [4.69, 9.17) is 0 Å². The van der Waals surface area contributed by atoms with Gasteiger partial charge in [-0.1, -0.05) is 32.0 Å². The molecule has 0 aromatic heterocycles. The van der Waals surface area contributed by atoms with Gasteiger partial charge in [0.05, 0.1) is 12.0 Å². The third-order valence-electron chi connectivity index (χ3n) is 4.86. The smallest absolute Gasteiger partial charge is 0.227 e. The Hall–Kier alpha value is -1.46. The molecule has 0 saturated carbocycles. The minimum Gasteiger partial charge on any atom is -0.389 e. The Morgan fingerprint density at radius 3 is 2.35 bits per heavy atom. The Morgan fingerprint density at radius 2 is 1.78 bits per heavy atom. The van der Waals surface area contributed by atoms with Crippen molar-refractivity contribution in [3.63, 3.8) is 0 Å². The van der Waals surface area contributed by atoms with Gasteiger partial charge < -0.3 is 10.0 Å². The van der Waals surface area contributed by atoms with Crippen LogP contribution in [-0.2, 0) is 11.2 Å². The number of piperazine rings is 1. The van der Waals surface area contributed by atoms with Gasteiger partial charge in [0, 0.05) is 32.7 Å². The number of β-amino-alcohol motifs (C(OH)–C–C–N with tert-alkyl or cyclic N) is 1. The van der Waals surface area contributed by atoms with Crippen LogP contribution in [0.5, 0.6) is 0 Å². The minimum atomic E-state index is -0.640. The highest BCUT2D eigenvalue weighted by Gasteiger charge is 2.28. The molecule has 0 aliphatic carbocycles. The molecule has 4 nitrogen and oxygen atoms in total. The molecule has 1 amide bonds. The highest BCUT2D eigenvalue weighted by atomic mass is 19.1. The quantitative estimate of drug-likeness (QED) is 0.872. The number of benzene rings is 1. The van der Waals surface area contributed by atoms with Crippen LogP contribution < -0.4 is 0 Å². The number of amides is 1. The zero-order valence-electron chi connectivity index (χ0n) is 14.1. The lowest BCUT2D eigenvalue weighted by atomic mass is 9.96. The van der Waals surface area contributed by atoms with E-state index in [9.17, 15) is 14.3 Å². The van der Waals surface area contributed by atoms with Crippen molar-refractivity contribution >= 4 is 5.91 Å². The number of hydrogen-bond donors (Lipinski definition) is 1. The van der Waals surface area contributed by atoms with Crippen molar-refractivity contribution < 1.29 is 14.3 Å². The summed E-state index contributed by atoms with van der Waals surface area (Å²) < 4.78 is 13.6. The molecule has 0 unspecified atom stereocenters. The summed E-state index contributed by atoms with van der Waals surface area (Å²) in [6.45, 7) is 7.43. The molecule has 0 spiro atoms. The first kappa shape index (κ1) is 17.9. The van der Waals surface area contributed by atoms with E-state index < -0.39 is 5.60 Å². The average molecular weight is 322 g/mol. The van der Waals surface area contributed by atoms with E-state index in [1.54, 1.807) is 23.1 Å². The SMILES string of the molecule is CCC(O)(CC)CN1CCN(C(=O)Cc2ccccc2F)CC1. The first-order valence-corrected chi connectivity index (χ1v) is 8.43. The van der Waals surface area contributed by atoms with E-state index in [-0.39, 0.29) is 18.1 Å². The molecule has 1 aliphatic rings. The number of carbonyl (C=O) groups is 1. The second kappa shape index (κ2) is 7.88. The highest BCUT2D eigenvalue weighted by molar-refractivity contribution is 5.79. The molecule has 1 fully saturated rings. The Kier molecular flexibility index (Phi) is 6.13. The molecule has 1 N–H and O–H groups in total. The van der Waals surface area contributed by atoms with Gasteiger partial charge in [-0.2, -0.15) is 0 Å². The molecular weight excluding hydrogens is 295 g/mol. The zero-order valence-corrected chi connectivity index (χ0v) is 14.1. The summed E-state index contributed by atoms with van der Waals surface area (Å²) in [5.74, 6) is -0.355. The molecule has 1 saturated heterocycles. The number of hydrogen-bond acceptors (Lipinski definition) is 3. The van der Waals surface area contributed by atoms with Crippen LogP contribution in [-0.4, -0.2) is 59.1 Å². The molecule has 2 rings (SSSR count). The molecule has 1 aromatic rings.